The van der Waals surface area contributed by atoms with Gasteiger partial charge >= 0.3 is 0 Å². The van der Waals surface area contributed by atoms with E-state index in [1.54, 1.807) is 0 Å². The van der Waals surface area contributed by atoms with Gasteiger partial charge in [-0.15, -0.1) is 5.10 Å². The molecule has 2 aromatic heterocycles. The molecular formula is C17H19N7O. The smallest absolute Gasteiger partial charge is 0.245 e. The van der Waals surface area contributed by atoms with Crippen LogP contribution in [-0.2, 0) is 11.3 Å². The summed E-state index contributed by atoms with van der Waals surface area (Å²) in [5, 5.41) is 10.9. The van der Waals surface area contributed by atoms with Gasteiger partial charge in [-0.3, -0.25) is 4.79 Å². The third kappa shape index (κ3) is 3.28. The number of carbonyl (C=O) groups is 1. The Morgan fingerprint density at radius 1 is 1.24 bits per heavy atom. The molecule has 1 saturated heterocycles. The molecule has 0 radical (unpaired) electrons. The van der Waals surface area contributed by atoms with Crippen LogP contribution in [0.15, 0.2) is 42.9 Å². The van der Waals surface area contributed by atoms with Crippen LogP contribution in [0.4, 0.5) is 0 Å². The summed E-state index contributed by atoms with van der Waals surface area (Å²) >= 11 is 0. The number of tetrazole rings is 1. The van der Waals surface area contributed by atoms with Gasteiger partial charge in [0.1, 0.15) is 18.7 Å². The maximum Gasteiger partial charge on any atom is 0.245 e. The number of rotatable bonds is 4. The Labute approximate surface area is 144 Å². The second-order valence-corrected chi connectivity index (χ2v) is 6.15. The molecule has 0 unspecified atom stereocenters. The van der Waals surface area contributed by atoms with Crippen LogP contribution in [0.25, 0.3) is 11.3 Å². The number of amides is 1. The molecule has 1 atom stereocenters. The van der Waals surface area contributed by atoms with Crippen LogP contribution in [0.2, 0.25) is 0 Å². The number of nitrogens with zero attached hydrogens (tertiary/aromatic N) is 6. The first-order valence-electron chi connectivity index (χ1n) is 8.42. The van der Waals surface area contributed by atoms with E-state index in [0.717, 1.165) is 42.9 Å². The Morgan fingerprint density at radius 2 is 2.12 bits per heavy atom. The molecule has 1 aromatic carbocycles. The van der Waals surface area contributed by atoms with E-state index in [9.17, 15) is 4.79 Å². The highest BCUT2D eigenvalue weighted by molar-refractivity contribution is 5.76. The number of aromatic nitrogens is 6. The van der Waals surface area contributed by atoms with Crippen molar-refractivity contribution in [3.63, 3.8) is 0 Å². The SMILES string of the molecule is O=C(Cn1cnnn1)N1CCCC[C@H]1c1ncc(-c2ccccc2)[nH]1. The second kappa shape index (κ2) is 6.84. The molecule has 8 heteroatoms. The molecule has 0 spiro atoms. The van der Waals surface area contributed by atoms with Gasteiger partial charge in [-0.25, -0.2) is 9.67 Å². The first kappa shape index (κ1) is 15.5. The van der Waals surface area contributed by atoms with Gasteiger partial charge in [-0.05, 0) is 35.3 Å². The monoisotopic (exact) mass is 337 g/mol. The van der Waals surface area contributed by atoms with E-state index in [0.29, 0.717) is 0 Å². The number of H-pyrrole nitrogens is 1. The van der Waals surface area contributed by atoms with E-state index in [-0.39, 0.29) is 18.5 Å². The van der Waals surface area contributed by atoms with Crippen molar-refractivity contribution in [2.75, 3.05) is 6.54 Å². The molecule has 128 valence electrons. The summed E-state index contributed by atoms with van der Waals surface area (Å²) in [7, 11) is 0. The van der Waals surface area contributed by atoms with Crippen molar-refractivity contribution in [1.29, 1.82) is 0 Å². The Hall–Kier alpha value is -3.03. The van der Waals surface area contributed by atoms with E-state index >= 15 is 0 Å². The van der Waals surface area contributed by atoms with Gasteiger partial charge in [0.15, 0.2) is 0 Å². The number of benzene rings is 1. The minimum Gasteiger partial charge on any atom is -0.340 e. The lowest BCUT2D eigenvalue weighted by Crippen LogP contribution is -2.40. The van der Waals surface area contributed by atoms with Crippen LogP contribution in [0, 0.1) is 0 Å². The van der Waals surface area contributed by atoms with Crippen molar-refractivity contribution < 1.29 is 4.79 Å². The summed E-state index contributed by atoms with van der Waals surface area (Å²) < 4.78 is 1.45. The lowest BCUT2D eigenvalue weighted by Gasteiger charge is -2.34. The summed E-state index contributed by atoms with van der Waals surface area (Å²) in [5.41, 5.74) is 2.05. The van der Waals surface area contributed by atoms with E-state index in [2.05, 4.69) is 25.5 Å². The first-order valence-corrected chi connectivity index (χ1v) is 8.42. The third-order valence-electron chi connectivity index (χ3n) is 4.51. The molecule has 4 rings (SSSR count). The fourth-order valence-electron chi connectivity index (χ4n) is 3.27. The predicted octanol–water partition coefficient (Wildman–Crippen LogP) is 1.82. The van der Waals surface area contributed by atoms with E-state index < -0.39 is 0 Å². The van der Waals surface area contributed by atoms with Gasteiger partial charge in [0.05, 0.1) is 17.9 Å². The molecule has 3 aromatic rings. The highest BCUT2D eigenvalue weighted by atomic mass is 16.2. The normalized spacial score (nSPS) is 17.6. The van der Waals surface area contributed by atoms with Gasteiger partial charge < -0.3 is 9.88 Å². The summed E-state index contributed by atoms with van der Waals surface area (Å²) in [4.78, 5) is 22.5. The number of hydrogen-bond donors (Lipinski definition) is 1. The molecule has 8 nitrogen and oxygen atoms in total. The molecule has 0 bridgehead atoms. The molecule has 25 heavy (non-hydrogen) atoms. The highest BCUT2D eigenvalue weighted by Gasteiger charge is 2.30. The number of nitrogens with one attached hydrogen (secondary N) is 1. The fraction of sp³-hybridized carbons (Fsp3) is 0.353. The van der Waals surface area contributed by atoms with Gasteiger partial charge in [0.2, 0.25) is 5.91 Å². The molecule has 3 heterocycles. The topological polar surface area (TPSA) is 92.6 Å². The Balaban J connectivity index is 1.55. The Bertz CT molecular complexity index is 828. The Kier molecular flexibility index (Phi) is 4.24. The number of hydrogen-bond acceptors (Lipinski definition) is 5. The average Bonchev–Trinajstić information content (AvgIpc) is 3.34. The van der Waals surface area contributed by atoms with Crippen molar-refractivity contribution in [1.82, 2.24) is 35.1 Å². The summed E-state index contributed by atoms with van der Waals surface area (Å²) in [5.74, 6) is 0.846. The lowest BCUT2D eigenvalue weighted by molar-refractivity contribution is -0.136. The summed E-state index contributed by atoms with van der Waals surface area (Å²) in [6.07, 6.45) is 6.29. The number of aromatic amines is 1. The van der Waals surface area contributed by atoms with Crippen molar-refractivity contribution in [3.05, 3.63) is 48.7 Å². The van der Waals surface area contributed by atoms with Crippen LogP contribution in [0.3, 0.4) is 0 Å². The predicted molar refractivity (Wildman–Crippen MR) is 90.1 cm³/mol. The largest absolute Gasteiger partial charge is 0.340 e. The summed E-state index contributed by atoms with van der Waals surface area (Å²) in [6.45, 7) is 0.878. The van der Waals surface area contributed by atoms with Crippen LogP contribution < -0.4 is 0 Å². The zero-order valence-electron chi connectivity index (χ0n) is 13.7. The van der Waals surface area contributed by atoms with E-state index in [1.807, 2.05) is 41.4 Å². The van der Waals surface area contributed by atoms with Gasteiger partial charge in [-0.2, -0.15) is 0 Å². The molecule has 1 fully saturated rings. The second-order valence-electron chi connectivity index (χ2n) is 6.15. The molecule has 0 aliphatic carbocycles. The van der Waals surface area contributed by atoms with Gasteiger partial charge in [-0.1, -0.05) is 30.3 Å². The van der Waals surface area contributed by atoms with Crippen LogP contribution in [0.5, 0.6) is 0 Å². The van der Waals surface area contributed by atoms with Crippen LogP contribution in [0.1, 0.15) is 31.1 Å². The Morgan fingerprint density at radius 3 is 2.92 bits per heavy atom. The zero-order valence-corrected chi connectivity index (χ0v) is 13.7. The minimum absolute atomic E-state index is 0.00895. The van der Waals surface area contributed by atoms with Crippen molar-refractivity contribution >= 4 is 5.91 Å². The molecule has 1 aliphatic rings. The van der Waals surface area contributed by atoms with E-state index in [4.69, 9.17) is 0 Å². The maximum atomic E-state index is 12.7. The molecule has 1 N–H and O–H groups in total. The first-order chi connectivity index (χ1) is 12.3. The summed E-state index contributed by atoms with van der Waals surface area (Å²) in [6, 6.07) is 10.0. The number of imidazole rings is 1. The number of carbonyl (C=O) groups excluding carboxylic acids is 1. The quantitative estimate of drug-likeness (QED) is 0.784. The minimum atomic E-state index is -0.0322. The number of likely N-dealkylation sites (tertiary alicyclic amines) is 1. The number of piperidine rings is 1. The standard InChI is InChI=1S/C17H19N7O/c25-16(11-23-12-19-21-22-23)24-9-5-4-8-15(24)17-18-10-14(20-17)13-6-2-1-3-7-13/h1-3,6-7,10,12,15H,4-5,8-9,11H2,(H,18,20)/t15-/m0/s1. The molecule has 1 amide bonds. The van der Waals surface area contributed by atoms with Gasteiger partial charge in [0.25, 0.3) is 0 Å². The van der Waals surface area contributed by atoms with Crippen molar-refractivity contribution in [2.24, 2.45) is 0 Å². The highest BCUT2D eigenvalue weighted by Crippen LogP contribution is 2.30. The molecule has 0 saturated carbocycles. The van der Waals surface area contributed by atoms with Crippen molar-refractivity contribution in [2.45, 2.75) is 31.8 Å². The molecule has 1 aliphatic heterocycles. The van der Waals surface area contributed by atoms with Crippen LogP contribution in [-0.4, -0.2) is 47.5 Å². The third-order valence-corrected chi connectivity index (χ3v) is 4.51. The maximum absolute atomic E-state index is 12.7. The lowest BCUT2D eigenvalue weighted by atomic mass is 10.0. The average molecular weight is 337 g/mol. The fourth-order valence-corrected chi connectivity index (χ4v) is 3.27. The van der Waals surface area contributed by atoms with Crippen LogP contribution >= 0.6 is 0 Å². The molecular weight excluding hydrogens is 318 g/mol. The van der Waals surface area contributed by atoms with Gasteiger partial charge in [0, 0.05) is 6.54 Å². The van der Waals surface area contributed by atoms with Crippen molar-refractivity contribution in [3.8, 4) is 11.3 Å². The zero-order chi connectivity index (χ0) is 17.1. The van der Waals surface area contributed by atoms with E-state index in [1.165, 1.54) is 11.0 Å².